The van der Waals surface area contributed by atoms with Crippen LogP contribution in [0.2, 0.25) is 0 Å². The van der Waals surface area contributed by atoms with Crippen molar-refractivity contribution in [3.8, 4) is 0 Å². The van der Waals surface area contributed by atoms with Crippen LogP contribution in [-0.2, 0) is 4.74 Å². The van der Waals surface area contributed by atoms with Crippen LogP contribution in [0.5, 0.6) is 0 Å². The molecule has 3 nitrogen and oxygen atoms in total. The van der Waals surface area contributed by atoms with Crippen molar-refractivity contribution in [3.05, 3.63) is 24.0 Å². The highest BCUT2D eigenvalue weighted by Crippen LogP contribution is 2.19. The van der Waals surface area contributed by atoms with Crippen LogP contribution in [0.4, 0.5) is 0 Å². The predicted molar refractivity (Wildman–Crippen MR) is 55.9 cm³/mol. The molecule has 0 aliphatic carbocycles. The highest BCUT2D eigenvalue weighted by molar-refractivity contribution is 5.24. The number of allylic oxidation sites excluding steroid dienone is 1. The molecule has 0 aliphatic heterocycles. The van der Waals surface area contributed by atoms with Crippen molar-refractivity contribution in [1.82, 2.24) is 5.43 Å². The summed E-state index contributed by atoms with van der Waals surface area (Å²) in [7, 11) is 1.64. The summed E-state index contributed by atoms with van der Waals surface area (Å²) in [6.45, 7) is 9.90. The molecule has 0 aromatic heterocycles. The highest BCUT2D eigenvalue weighted by atomic mass is 16.5. The van der Waals surface area contributed by atoms with Crippen LogP contribution in [0.25, 0.3) is 0 Å². The van der Waals surface area contributed by atoms with Crippen LogP contribution in [0.1, 0.15) is 20.8 Å². The van der Waals surface area contributed by atoms with Crippen LogP contribution < -0.4 is 11.3 Å². The Morgan fingerprint density at radius 3 is 2.23 bits per heavy atom. The summed E-state index contributed by atoms with van der Waals surface area (Å²) in [6.07, 6.45) is 1.71. The zero-order valence-electron chi connectivity index (χ0n) is 8.92. The van der Waals surface area contributed by atoms with Gasteiger partial charge in [0.1, 0.15) is 5.76 Å². The Bertz CT molecular complexity index is 197. The number of nitrogens with one attached hydrogen (secondary N) is 1. The fourth-order valence-corrected chi connectivity index (χ4v) is 1.41. The summed E-state index contributed by atoms with van der Waals surface area (Å²) in [5, 5.41) is 0. The van der Waals surface area contributed by atoms with Gasteiger partial charge in [-0.1, -0.05) is 20.4 Å². The summed E-state index contributed by atoms with van der Waals surface area (Å²) in [5.41, 5.74) is 3.85. The minimum Gasteiger partial charge on any atom is -0.497 e. The Morgan fingerprint density at radius 2 is 2.00 bits per heavy atom. The van der Waals surface area contributed by atoms with E-state index in [1.54, 1.807) is 13.2 Å². The fraction of sp³-hybridized carbons (Fsp3) is 0.600. The Labute approximate surface area is 80.6 Å². The molecule has 3 heteroatoms. The van der Waals surface area contributed by atoms with Crippen LogP contribution in [-0.4, -0.2) is 13.2 Å². The second-order valence-corrected chi connectivity index (χ2v) is 3.27. The van der Waals surface area contributed by atoms with E-state index in [4.69, 9.17) is 10.6 Å². The minimum atomic E-state index is 0.105. The zero-order chi connectivity index (χ0) is 10.4. The maximum absolute atomic E-state index is 5.38. The van der Waals surface area contributed by atoms with Gasteiger partial charge in [-0.3, -0.25) is 11.3 Å². The van der Waals surface area contributed by atoms with E-state index in [2.05, 4.69) is 25.9 Å². The van der Waals surface area contributed by atoms with Crippen LogP contribution in [0.3, 0.4) is 0 Å². The van der Waals surface area contributed by atoms with Gasteiger partial charge >= 0.3 is 0 Å². The van der Waals surface area contributed by atoms with E-state index in [1.807, 2.05) is 6.92 Å². The molecule has 76 valence electrons. The van der Waals surface area contributed by atoms with Crippen LogP contribution in [0, 0.1) is 5.92 Å². The first-order valence-electron chi connectivity index (χ1n) is 4.45. The molecule has 0 amide bonds. The number of hydrogen-bond donors (Lipinski definition) is 2. The normalized spacial score (nSPS) is 15.2. The largest absolute Gasteiger partial charge is 0.497 e. The van der Waals surface area contributed by atoms with Crippen LogP contribution in [0.15, 0.2) is 24.0 Å². The van der Waals surface area contributed by atoms with Crippen molar-refractivity contribution < 1.29 is 4.74 Å². The molecule has 3 N–H and O–H groups in total. The molecule has 0 fully saturated rings. The Kier molecular flexibility index (Phi) is 5.42. The molecule has 1 atom stereocenters. The van der Waals surface area contributed by atoms with E-state index in [0.29, 0.717) is 5.92 Å². The van der Waals surface area contributed by atoms with Gasteiger partial charge < -0.3 is 4.74 Å². The summed E-state index contributed by atoms with van der Waals surface area (Å²) >= 11 is 0. The topological polar surface area (TPSA) is 47.3 Å². The smallest absolute Gasteiger partial charge is 0.119 e. The lowest BCUT2D eigenvalue weighted by molar-refractivity contribution is 0.292. The third kappa shape index (κ3) is 3.20. The third-order valence-corrected chi connectivity index (χ3v) is 2.03. The quantitative estimate of drug-likeness (QED) is 0.295. The van der Waals surface area contributed by atoms with Gasteiger partial charge in [0.25, 0.3) is 0 Å². The lowest BCUT2D eigenvalue weighted by Crippen LogP contribution is -2.36. The average molecular weight is 184 g/mol. The molecule has 0 rings (SSSR count). The molecule has 0 saturated carbocycles. The molecule has 0 aromatic rings. The summed E-state index contributed by atoms with van der Waals surface area (Å²) in [4.78, 5) is 0. The first kappa shape index (κ1) is 12.2. The van der Waals surface area contributed by atoms with Gasteiger partial charge in [0.05, 0.1) is 7.11 Å². The highest BCUT2D eigenvalue weighted by Gasteiger charge is 2.15. The molecule has 0 saturated heterocycles. The summed E-state index contributed by atoms with van der Waals surface area (Å²) < 4.78 is 5.21. The van der Waals surface area contributed by atoms with Gasteiger partial charge in [-0.15, -0.1) is 0 Å². The number of methoxy groups -OCH3 is 1. The molecular weight excluding hydrogens is 164 g/mol. The zero-order valence-corrected chi connectivity index (χ0v) is 8.92. The molecule has 13 heavy (non-hydrogen) atoms. The van der Waals surface area contributed by atoms with Gasteiger partial charge in [-0.25, -0.2) is 0 Å². The maximum atomic E-state index is 5.38. The first-order valence-corrected chi connectivity index (χ1v) is 4.45. The van der Waals surface area contributed by atoms with Gasteiger partial charge in [0, 0.05) is 6.04 Å². The third-order valence-electron chi connectivity index (χ3n) is 2.03. The van der Waals surface area contributed by atoms with E-state index in [-0.39, 0.29) is 6.04 Å². The van der Waals surface area contributed by atoms with Gasteiger partial charge in [-0.2, -0.15) is 0 Å². The lowest BCUT2D eigenvalue weighted by Gasteiger charge is -2.21. The van der Waals surface area contributed by atoms with Gasteiger partial charge in [0.15, 0.2) is 0 Å². The van der Waals surface area contributed by atoms with Crippen molar-refractivity contribution in [2.24, 2.45) is 11.8 Å². The van der Waals surface area contributed by atoms with Crippen molar-refractivity contribution >= 4 is 0 Å². The fourth-order valence-electron chi connectivity index (χ4n) is 1.41. The number of hydrogen-bond acceptors (Lipinski definition) is 3. The maximum Gasteiger partial charge on any atom is 0.119 e. The van der Waals surface area contributed by atoms with E-state index in [0.717, 1.165) is 11.3 Å². The van der Waals surface area contributed by atoms with Crippen LogP contribution >= 0.6 is 0 Å². The summed E-state index contributed by atoms with van der Waals surface area (Å²) in [6, 6.07) is 0.105. The Morgan fingerprint density at radius 1 is 1.46 bits per heavy atom. The lowest BCUT2D eigenvalue weighted by atomic mass is 9.95. The molecule has 0 aromatic carbocycles. The second-order valence-electron chi connectivity index (χ2n) is 3.27. The van der Waals surface area contributed by atoms with Crippen molar-refractivity contribution in [3.63, 3.8) is 0 Å². The van der Waals surface area contributed by atoms with E-state index in [1.165, 1.54) is 0 Å². The number of rotatable bonds is 5. The standard InChI is InChI=1S/C10H20N2O/c1-6-9(13-5)10(7(2)3)8(4)12-11/h6-8,12H,1,11H2,2-5H3/b10-9-. The molecule has 0 spiro atoms. The minimum absolute atomic E-state index is 0.105. The average Bonchev–Trinajstić information content (AvgIpc) is 2.12. The molecule has 1 unspecified atom stereocenters. The number of ether oxygens (including phenoxy) is 1. The monoisotopic (exact) mass is 184 g/mol. The van der Waals surface area contributed by atoms with Crippen molar-refractivity contribution in [2.75, 3.05) is 7.11 Å². The van der Waals surface area contributed by atoms with E-state index < -0.39 is 0 Å². The molecule has 0 aliphatic rings. The number of hydrazine groups is 1. The van der Waals surface area contributed by atoms with Crippen molar-refractivity contribution in [2.45, 2.75) is 26.8 Å². The van der Waals surface area contributed by atoms with E-state index >= 15 is 0 Å². The molecule has 0 bridgehead atoms. The Hall–Kier alpha value is -0.800. The first-order chi connectivity index (χ1) is 6.08. The predicted octanol–water partition coefficient (Wildman–Crippen LogP) is 1.58. The molecular formula is C10H20N2O. The SMILES string of the molecule is C=C/C(OC)=C(\C(C)C)C(C)NN. The summed E-state index contributed by atoms with van der Waals surface area (Å²) in [5.74, 6) is 6.58. The van der Waals surface area contributed by atoms with E-state index in [9.17, 15) is 0 Å². The number of nitrogens with two attached hydrogens (primary N) is 1. The molecule has 0 heterocycles. The van der Waals surface area contributed by atoms with Gasteiger partial charge in [0.2, 0.25) is 0 Å². The Balaban J connectivity index is 4.95. The molecule has 0 radical (unpaired) electrons. The second kappa shape index (κ2) is 5.78. The van der Waals surface area contributed by atoms with Crippen molar-refractivity contribution in [1.29, 1.82) is 0 Å². The van der Waals surface area contributed by atoms with Gasteiger partial charge in [-0.05, 0) is 24.5 Å².